The number of ketones is 2. The largest absolute Gasteiger partial charge is 0.355 e. The van der Waals surface area contributed by atoms with Crippen LogP contribution in [0.4, 0.5) is 19.3 Å². The lowest BCUT2D eigenvalue weighted by molar-refractivity contribution is -0.387. The van der Waals surface area contributed by atoms with E-state index in [-0.39, 0.29) is 92.4 Å². The number of hydrogen-bond acceptors (Lipinski definition) is 14. The van der Waals surface area contributed by atoms with Gasteiger partial charge < -0.3 is 42.5 Å². The molecule has 5 aromatic carbocycles. The first kappa shape index (κ1) is 67.1. The Balaban J connectivity index is 0.751. The number of nitro benzene ring substituents is 1. The Kier molecular flexibility index (Phi) is 24.8. The molecule has 0 unspecified atom stereocenters. The maximum Gasteiger partial charge on any atom is 0.315 e. The summed E-state index contributed by atoms with van der Waals surface area (Å²) in [6.45, 7) is 2.01. The van der Waals surface area contributed by atoms with Crippen molar-refractivity contribution in [2.24, 2.45) is 0 Å². The number of fused-ring (bicyclic) bond motifs is 1. The van der Waals surface area contributed by atoms with Crippen LogP contribution in [0.15, 0.2) is 120 Å². The van der Waals surface area contributed by atoms with Crippen LogP contribution in [-0.2, 0) is 53.5 Å². The van der Waals surface area contributed by atoms with Crippen molar-refractivity contribution in [2.45, 2.75) is 119 Å². The number of carbonyl (C=O) groups excluding carboxylic acids is 8. The fourth-order valence-electron chi connectivity index (χ4n) is 10.1. The van der Waals surface area contributed by atoms with E-state index < -0.39 is 79.3 Å². The second-order valence-corrected chi connectivity index (χ2v) is 24.9. The molecule has 0 bridgehead atoms. The molecule has 0 aliphatic carbocycles. The molecule has 88 heavy (non-hydrogen) atoms. The molecule has 468 valence electrons. The Labute approximate surface area is 513 Å². The van der Waals surface area contributed by atoms with Crippen LogP contribution in [0, 0.1) is 21.7 Å². The van der Waals surface area contributed by atoms with Gasteiger partial charge in [0.2, 0.25) is 33.7 Å². The summed E-state index contributed by atoms with van der Waals surface area (Å²) in [5.41, 5.74) is 1.88. The predicted octanol–water partition coefficient (Wildman–Crippen LogP) is 5.83. The fourth-order valence-corrected chi connectivity index (χ4v) is 12.9. The normalized spacial score (nSPS) is 15.9. The van der Waals surface area contributed by atoms with Gasteiger partial charge in [-0.15, -0.1) is 0 Å². The highest BCUT2D eigenvalue weighted by Gasteiger charge is 2.42. The van der Waals surface area contributed by atoms with Gasteiger partial charge in [0.1, 0.15) is 29.5 Å². The molecule has 7 amide bonds. The molecule has 22 nitrogen and oxygen atoms in total. The molecule has 0 spiro atoms. The second-order valence-electron chi connectivity index (χ2n) is 21.6. The fraction of sp³-hybridized carbons (Fsp3) is 0.387. The number of thioether (sulfide) groups is 1. The lowest BCUT2D eigenvalue weighted by Crippen LogP contribution is -2.49. The van der Waals surface area contributed by atoms with E-state index in [0.29, 0.717) is 65.7 Å². The molecule has 2 heterocycles. The zero-order valence-corrected chi connectivity index (χ0v) is 50.4. The van der Waals surface area contributed by atoms with Gasteiger partial charge in [-0.05, 0) is 85.5 Å². The number of amides is 7. The van der Waals surface area contributed by atoms with E-state index in [2.05, 4.69) is 42.5 Å². The number of halogens is 2. The molecular formula is C62H72F2N10O12S2. The van der Waals surface area contributed by atoms with Crippen molar-refractivity contribution in [3.05, 3.63) is 176 Å². The first-order valence-corrected chi connectivity index (χ1v) is 31.4. The lowest BCUT2D eigenvalue weighted by atomic mass is 10.0. The van der Waals surface area contributed by atoms with E-state index in [4.69, 9.17) is 0 Å². The van der Waals surface area contributed by atoms with Crippen LogP contribution in [0.5, 0.6) is 0 Å². The molecule has 5 aromatic rings. The van der Waals surface area contributed by atoms with Gasteiger partial charge in [0.05, 0.1) is 30.0 Å². The number of unbranched alkanes of at least 4 members (excludes halogenated alkanes) is 3. The molecule has 5 atom stereocenters. The van der Waals surface area contributed by atoms with Gasteiger partial charge in [0.15, 0.2) is 10.7 Å². The number of sulfonamides is 1. The molecule has 0 aromatic heterocycles. The van der Waals surface area contributed by atoms with Crippen LogP contribution in [0.1, 0.15) is 119 Å². The van der Waals surface area contributed by atoms with Crippen molar-refractivity contribution in [2.75, 3.05) is 39.0 Å². The van der Waals surface area contributed by atoms with Crippen molar-refractivity contribution in [3.8, 4) is 0 Å². The van der Waals surface area contributed by atoms with Crippen LogP contribution in [0.2, 0.25) is 0 Å². The summed E-state index contributed by atoms with van der Waals surface area (Å²) in [6.07, 6.45) is 5.26. The Morgan fingerprint density at radius 3 is 2.01 bits per heavy atom. The Bertz CT molecular complexity index is 3420. The third kappa shape index (κ3) is 19.8. The third-order valence-corrected chi connectivity index (χ3v) is 18.3. The number of nitro groups is 1. The number of Topliss-reactive ketones (excluding diaryl/α,β-unsaturated/α-hetero) is 1. The van der Waals surface area contributed by atoms with Crippen molar-refractivity contribution in [3.63, 3.8) is 0 Å². The summed E-state index contributed by atoms with van der Waals surface area (Å²) < 4.78 is 55.4. The molecule has 0 saturated carbocycles. The Morgan fingerprint density at radius 2 is 1.34 bits per heavy atom. The molecule has 0 radical (unpaired) electrons. The Hall–Kier alpha value is -8.46. The highest BCUT2D eigenvalue weighted by Crippen LogP contribution is 2.33. The summed E-state index contributed by atoms with van der Waals surface area (Å²) in [6, 6.07) is 25.5. The smallest absolute Gasteiger partial charge is 0.315 e. The predicted molar refractivity (Wildman–Crippen MR) is 325 cm³/mol. The number of rotatable bonds is 34. The monoisotopic (exact) mass is 1250 g/mol. The summed E-state index contributed by atoms with van der Waals surface area (Å²) in [5, 5.41) is 34.7. The number of urea groups is 1. The maximum absolute atomic E-state index is 13.7. The molecule has 2 saturated heterocycles. The minimum atomic E-state index is -4.38. The minimum Gasteiger partial charge on any atom is -0.355 e. The summed E-state index contributed by atoms with van der Waals surface area (Å²) >= 11 is 1.85. The maximum atomic E-state index is 13.7. The summed E-state index contributed by atoms with van der Waals surface area (Å²) in [7, 11) is -3.12. The van der Waals surface area contributed by atoms with E-state index in [1.807, 2.05) is 11.8 Å². The van der Waals surface area contributed by atoms with E-state index >= 15 is 0 Å². The Morgan fingerprint density at radius 1 is 0.705 bits per heavy atom. The number of nitrogens with zero attached hydrogens (tertiary/aromatic N) is 2. The molecule has 2 aliphatic rings. The van der Waals surface area contributed by atoms with Crippen LogP contribution >= 0.6 is 11.8 Å². The van der Waals surface area contributed by atoms with Crippen molar-refractivity contribution in [1.29, 1.82) is 0 Å². The van der Waals surface area contributed by atoms with E-state index in [9.17, 15) is 65.7 Å². The van der Waals surface area contributed by atoms with Gasteiger partial charge in [0, 0.05) is 92.4 Å². The van der Waals surface area contributed by atoms with Crippen molar-refractivity contribution in [1.82, 2.24) is 46.8 Å². The number of nitrogens with one attached hydrogen (secondary N) is 8. The number of carbonyl (C=O) groups is 8. The molecule has 26 heteroatoms. The highest BCUT2D eigenvalue weighted by molar-refractivity contribution is 8.00. The first-order chi connectivity index (χ1) is 42.1. The number of benzene rings is 5. The average Bonchev–Trinajstić information content (AvgIpc) is 2.43. The van der Waals surface area contributed by atoms with Crippen LogP contribution in [0.25, 0.3) is 0 Å². The van der Waals surface area contributed by atoms with Crippen molar-refractivity contribution >= 4 is 74.6 Å². The lowest BCUT2D eigenvalue weighted by Gasteiger charge is -2.22. The topological polar surface area (TPSA) is 313 Å². The quantitative estimate of drug-likeness (QED) is 0.00791. The van der Waals surface area contributed by atoms with Gasteiger partial charge in [-0.3, -0.25) is 43.7 Å². The van der Waals surface area contributed by atoms with Gasteiger partial charge in [-0.25, -0.2) is 26.3 Å². The van der Waals surface area contributed by atoms with Crippen LogP contribution in [-0.4, -0.2) is 127 Å². The molecule has 2 aliphatic heterocycles. The van der Waals surface area contributed by atoms with Crippen LogP contribution in [0.3, 0.4) is 0 Å². The number of hydrogen-bond donors (Lipinski definition) is 8. The molecular weight excluding hydrogens is 1180 g/mol. The third-order valence-electron chi connectivity index (χ3n) is 14.9. The molecule has 2 fully saturated rings. The van der Waals surface area contributed by atoms with Gasteiger partial charge in [0.25, 0.3) is 11.6 Å². The summed E-state index contributed by atoms with van der Waals surface area (Å²) in [4.78, 5) is 113. The van der Waals surface area contributed by atoms with E-state index in [1.54, 1.807) is 78.9 Å². The zero-order chi connectivity index (χ0) is 63.3. The minimum absolute atomic E-state index is 0.0655. The highest BCUT2D eigenvalue weighted by atomic mass is 32.2. The standard InChI is InChI=1S/C62H72F2N10O12S2/c1-39(69-61(81)56(43-12-5-3-6-13-43)71-54(76)32-42-30-47(63)34-48(64)31-42)59(79)68-36-41-19-23-45(24-20-41)58(78)44-21-17-40(18-22-44)35-65-37-55(77)66-28-11-29-73(2)88(85,86)53-26-25-46(33-51(53)74(83)84)60(80)67-27-10-4-7-14-49(75)15-8-9-16-52-57-50(38-87-52)70-62(82)72-57/h3,5-6,12-13,17-26,30-31,33-34,39,50,52,56-57,65H,4,7-11,14-16,27-29,32,35-38H2,1-2H3,(H,66,77)(H,67,80)(H,68,79)(H,69,81)(H,71,76)(H2,70,72,82)/t39-,50-,52-,56-,57-/m0/s1. The molecule has 8 N–H and O–H groups in total. The molecule has 7 rings (SSSR count). The van der Waals surface area contributed by atoms with E-state index in [1.165, 1.54) is 20.0 Å². The van der Waals surface area contributed by atoms with Gasteiger partial charge in [-0.1, -0.05) is 91.7 Å². The van der Waals surface area contributed by atoms with Crippen LogP contribution < -0.4 is 42.5 Å². The van der Waals surface area contributed by atoms with Crippen molar-refractivity contribution < 1.29 is 60.5 Å². The first-order valence-electron chi connectivity index (χ1n) is 29.0. The second kappa shape index (κ2) is 32.5. The zero-order valence-electron chi connectivity index (χ0n) is 48.7. The van der Waals surface area contributed by atoms with Gasteiger partial charge >= 0.3 is 6.03 Å². The average molecular weight is 1250 g/mol. The SMILES string of the molecule is C[C@H](NC(=O)[C@@H](NC(=O)Cc1cc(F)cc(F)c1)c1ccccc1)C(=O)NCc1ccc(C(=O)c2ccc(CNCC(=O)NCCCN(C)S(=O)(=O)c3ccc(C(=O)NCCCCCC(=O)CCCC[C@@H]4SC[C@@H]5NC(=O)N[C@@H]54)cc3[N+](=O)[O-])cc2)cc1. The summed E-state index contributed by atoms with van der Waals surface area (Å²) in [5.74, 6) is -3.75. The van der Waals surface area contributed by atoms with Gasteiger partial charge in [-0.2, -0.15) is 11.8 Å². The van der Waals surface area contributed by atoms with E-state index in [0.717, 1.165) is 59.1 Å².